The Hall–Kier alpha value is -1.46. The summed E-state index contributed by atoms with van der Waals surface area (Å²) in [6.07, 6.45) is 1.72. The summed E-state index contributed by atoms with van der Waals surface area (Å²) >= 11 is 1.36. The summed E-state index contributed by atoms with van der Waals surface area (Å²) in [4.78, 5) is 12.6. The van der Waals surface area contributed by atoms with Crippen LogP contribution >= 0.6 is 11.3 Å². The number of aliphatic hydroxyl groups is 1. The van der Waals surface area contributed by atoms with Crippen molar-refractivity contribution in [1.29, 1.82) is 0 Å². The van der Waals surface area contributed by atoms with Crippen molar-refractivity contribution in [2.24, 2.45) is 5.92 Å². The van der Waals surface area contributed by atoms with Crippen LogP contribution in [0.5, 0.6) is 0 Å². The normalized spacial score (nSPS) is 12.6. The minimum Gasteiger partial charge on any atom is -0.396 e. The van der Waals surface area contributed by atoms with Crippen molar-refractivity contribution in [2.75, 3.05) is 13.2 Å². The Morgan fingerprint density at radius 2 is 2.25 bits per heavy atom. The van der Waals surface area contributed by atoms with Gasteiger partial charge in [0.15, 0.2) is 0 Å². The van der Waals surface area contributed by atoms with E-state index >= 15 is 0 Å². The van der Waals surface area contributed by atoms with Gasteiger partial charge >= 0.3 is 0 Å². The van der Waals surface area contributed by atoms with Crippen molar-refractivity contribution >= 4 is 27.3 Å². The summed E-state index contributed by atoms with van der Waals surface area (Å²) in [6.45, 7) is 2.74. The van der Waals surface area contributed by atoms with Gasteiger partial charge in [-0.3, -0.25) is 4.79 Å². The molecule has 1 heterocycles. The van der Waals surface area contributed by atoms with Gasteiger partial charge in [0.2, 0.25) is 0 Å². The zero-order valence-electron chi connectivity index (χ0n) is 11.4. The predicted octanol–water partition coefficient (Wildman–Crippen LogP) is 3.18. The third kappa shape index (κ3) is 3.77. The minimum atomic E-state index is -0.291. The molecular weight excluding hydrogens is 277 g/mol. The molecule has 0 aliphatic carbocycles. The maximum atomic E-state index is 13.1. The van der Waals surface area contributed by atoms with Crippen LogP contribution in [0, 0.1) is 11.7 Å². The fourth-order valence-electron chi connectivity index (χ4n) is 1.96. The largest absolute Gasteiger partial charge is 0.396 e. The fraction of sp³-hybridized carbons (Fsp3) is 0.400. The Morgan fingerprint density at radius 1 is 1.45 bits per heavy atom. The van der Waals surface area contributed by atoms with Crippen molar-refractivity contribution in [3.05, 3.63) is 35.0 Å². The maximum Gasteiger partial charge on any atom is 0.261 e. The highest BCUT2D eigenvalue weighted by Crippen LogP contribution is 2.26. The number of nitrogens with one attached hydrogen (secondary N) is 1. The first kappa shape index (κ1) is 14.9. The number of amides is 1. The number of carbonyl (C=O) groups excluding carboxylic acids is 1. The quantitative estimate of drug-likeness (QED) is 0.804. The summed E-state index contributed by atoms with van der Waals surface area (Å²) in [5, 5.41) is 12.5. The molecule has 20 heavy (non-hydrogen) atoms. The highest BCUT2D eigenvalue weighted by atomic mass is 32.1. The van der Waals surface area contributed by atoms with E-state index in [1.807, 2.05) is 6.92 Å². The highest BCUT2D eigenvalue weighted by molar-refractivity contribution is 7.20. The molecule has 108 valence electrons. The van der Waals surface area contributed by atoms with E-state index in [0.717, 1.165) is 22.9 Å². The van der Waals surface area contributed by atoms with E-state index in [0.29, 0.717) is 11.4 Å². The van der Waals surface area contributed by atoms with E-state index in [2.05, 4.69) is 5.32 Å². The van der Waals surface area contributed by atoms with Crippen LogP contribution < -0.4 is 5.32 Å². The Balaban J connectivity index is 1.91. The number of thiophene rings is 1. The molecule has 2 aromatic rings. The summed E-state index contributed by atoms with van der Waals surface area (Å²) in [5.41, 5.74) is 0. The van der Waals surface area contributed by atoms with Crippen molar-refractivity contribution in [3.8, 4) is 0 Å². The first-order valence-corrected chi connectivity index (χ1v) is 7.50. The van der Waals surface area contributed by atoms with Crippen molar-refractivity contribution < 1.29 is 14.3 Å². The van der Waals surface area contributed by atoms with Crippen LogP contribution in [-0.4, -0.2) is 24.2 Å². The van der Waals surface area contributed by atoms with Gasteiger partial charge < -0.3 is 10.4 Å². The second-order valence-corrected chi connectivity index (χ2v) is 6.06. The monoisotopic (exact) mass is 295 g/mol. The van der Waals surface area contributed by atoms with E-state index in [1.165, 1.54) is 23.5 Å². The first-order valence-electron chi connectivity index (χ1n) is 6.68. The van der Waals surface area contributed by atoms with Crippen molar-refractivity contribution in [1.82, 2.24) is 5.32 Å². The molecule has 1 unspecified atom stereocenters. The molecule has 1 aromatic carbocycles. The molecule has 1 aromatic heterocycles. The molecule has 1 atom stereocenters. The Bertz CT molecular complexity index is 597. The second kappa shape index (κ2) is 6.81. The molecule has 2 rings (SSSR count). The number of benzene rings is 1. The average molecular weight is 295 g/mol. The standard InChI is InChI=1S/C15H18FNO2S/c1-10(9-18)3-2-6-17-15(19)14-8-11-7-12(16)4-5-13(11)20-14/h4-5,7-8,10,18H,2-3,6,9H2,1H3,(H,17,19). The Labute approximate surface area is 121 Å². The van der Waals surface area contributed by atoms with E-state index in [4.69, 9.17) is 5.11 Å². The molecule has 5 heteroatoms. The molecule has 3 nitrogen and oxygen atoms in total. The highest BCUT2D eigenvalue weighted by Gasteiger charge is 2.10. The van der Waals surface area contributed by atoms with Gasteiger partial charge in [-0.15, -0.1) is 11.3 Å². The maximum absolute atomic E-state index is 13.1. The van der Waals surface area contributed by atoms with E-state index in [1.54, 1.807) is 12.1 Å². The lowest BCUT2D eigenvalue weighted by Crippen LogP contribution is -2.24. The Morgan fingerprint density at radius 3 is 3.00 bits per heavy atom. The molecule has 0 aliphatic rings. The summed E-state index contributed by atoms with van der Waals surface area (Å²) < 4.78 is 14.0. The lowest BCUT2D eigenvalue weighted by molar-refractivity contribution is 0.0956. The van der Waals surface area contributed by atoms with Gasteiger partial charge in [0, 0.05) is 17.9 Å². The molecule has 0 saturated heterocycles. The number of hydrogen-bond donors (Lipinski definition) is 2. The van der Waals surface area contributed by atoms with Crippen LogP contribution in [0.2, 0.25) is 0 Å². The van der Waals surface area contributed by atoms with Crippen LogP contribution in [0.4, 0.5) is 4.39 Å². The van der Waals surface area contributed by atoms with Crippen LogP contribution in [0.3, 0.4) is 0 Å². The first-order chi connectivity index (χ1) is 9.60. The lowest BCUT2D eigenvalue weighted by atomic mass is 10.1. The number of hydrogen-bond acceptors (Lipinski definition) is 3. The molecule has 2 N–H and O–H groups in total. The summed E-state index contributed by atoms with van der Waals surface area (Å²) in [7, 11) is 0. The van der Waals surface area contributed by atoms with Crippen molar-refractivity contribution in [3.63, 3.8) is 0 Å². The lowest BCUT2D eigenvalue weighted by Gasteiger charge is -2.07. The van der Waals surface area contributed by atoms with E-state index in [-0.39, 0.29) is 24.2 Å². The number of fused-ring (bicyclic) bond motifs is 1. The molecule has 0 bridgehead atoms. The number of halogens is 1. The third-order valence-corrected chi connectivity index (χ3v) is 4.29. The molecule has 0 aliphatic heterocycles. The SMILES string of the molecule is CC(CO)CCCNC(=O)c1cc2cc(F)ccc2s1. The van der Waals surface area contributed by atoms with Crippen LogP contribution in [0.1, 0.15) is 29.4 Å². The topological polar surface area (TPSA) is 49.3 Å². The van der Waals surface area contributed by atoms with Gasteiger partial charge in [0.1, 0.15) is 5.82 Å². The molecular formula is C15H18FNO2S. The number of rotatable bonds is 6. The summed E-state index contributed by atoms with van der Waals surface area (Å²) in [5.74, 6) is -0.150. The predicted molar refractivity (Wildman–Crippen MR) is 79.6 cm³/mol. The molecule has 0 spiro atoms. The zero-order valence-corrected chi connectivity index (χ0v) is 12.2. The minimum absolute atomic E-state index is 0.122. The Kier molecular flexibility index (Phi) is 5.09. The zero-order chi connectivity index (χ0) is 14.5. The number of carbonyl (C=O) groups is 1. The smallest absolute Gasteiger partial charge is 0.261 e. The average Bonchev–Trinajstić information content (AvgIpc) is 2.86. The van der Waals surface area contributed by atoms with Gasteiger partial charge in [0.05, 0.1) is 4.88 Å². The molecule has 0 saturated carbocycles. The third-order valence-electron chi connectivity index (χ3n) is 3.17. The summed E-state index contributed by atoms with van der Waals surface area (Å²) in [6, 6.07) is 6.24. The molecule has 0 fully saturated rings. The van der Waals surface area contributed by atoms with Crippen molar-refractivity contribution in [2.45, 2.75) is 19.8 Å². The van der Waals surface area contributed by atoms with Crippen LogP contribution in [0.15, 0.2) is 24.3 Å². The molecule has 0 radical (unpaired) electrons. The van der Waals surface area contributed by atoms with Gasteiger partial charge in [-0.05, 0) is 48.4 Å². The molecule has 1 amide bonds. The number of aliphatic hydroxyl groups excluding tert-OH is 1. The van der Waals surface area contributed by atoms with Gasteiger partial charge in [-0.1, -0.05) is 6.92 Å². The fourth-order valence-corrected chi connectivity index (χ4v) is 2.92. The van der Waals surface area contributed by atoms with Crippen LogP contribution in [-0.2, 0) is 0 Å². The van der Waals surface area contributed by atoms with E-state index in [9.17, 15) is 9.18 Å². The van der Waals surface area contributed by atoms with Crippen LogP contribution in [0.25, 0.3) is 10.1 Å². The van der Waals surface area contributed by atoms with Gasteiger partial charge in [-0.2, -0.15) is 0 Å². The van der Waals surface area contributed by atoms with Gasteiger partial charge in [0.25, 0.3) is 5.91 Å². The van der Waals surface area contributed by atoms with E-state index < -0.39 is 0 Å². The second-order valence-electron chi connectivity index (χ2n) is 4.98. The van der Waals surface area contributed by atoms with Gasteiger partial charge in [-0.25, -0.2) is 4.39 Å².